The topological polar surface area (TPSA) is 72.0 Å². The zero-order chi connectivity index (χ0) is 18.4. The molecule has 1 aromatic heterocycles. The smallest absolute Gasteiger partial charge is 0.244 e. The predicted molar refractivity (Wildman–Crippen MR) is 105 cm³/mol. The lowest BCUT2D eigenvalue weighted by Crippen LogP contribution is -2.09. The van der Waals surface area contributed by atoms with E-state index in [2.05, 4.69) is 25.8 Å². The summed E-state index contributed by atoms with van der Waals surface area (Å²) >= 11 is 12.0. The number of methoxy groups -OCH3 is 1. The molecule has 0 amide bonds. The Hall–Kier alpha value is -2.57. The number of rotatable bonds is 7. The van der Waals surface area contributed by atoms with Crippen molar-refractivity contribution in [3.63, 3.8) is 0 Å². The Labute approximate surface area is 161 Å². The van der Waals surface area contributed by atoms with Crippen LogP contribution in [0.25, 0.3) is 0 Å². The first kappa shape index (κ1) is 18.2. The van der Waals surface area contributed by atoms with Crippen LogP contribution >= 0.6 is 23.2 Å². The molecule has 1 heterocycles. The van der Waals surface area contributed by atoms with Crippen molar-refractivity contribution in [2.45, 2.75) is 6.42 Å². The van der Waals surface area contributed by atoms with Crippen LogP contribution in [0.15, 0.2) is 48.7 Å². The fraction of sp³-hybridized carbons (Fsp3) is 0.167. The van der Waals surface area contributed by atoms with E-state index in [1.807, 2.05) is 24.3 Å². The molecule has 0 fully saturated rings. The molecule has 2 N–H and O–H groups in total. The highest BCUT2D eigenvalue weighted by Gasteiger charge is 2.03. The first-order valence-corrected chi connectivity index (χ1v) is 8.67. The molecule has 8 heteroatoms. The molecule has 0 aliphatic carbocycles. The SMILES string of the molecule is COc1ccc(CCNc2nncc(Nc3cc(Cl)cc(Cl)c3)n2)cc1. The monoisotopic (exact) mass is 389 g/mol. The van der Waals surface area contributed by atoms with Crippen molar-refractivity contribution in [1.82, 2.24) is 15.2 Å². The van der Waals surface area contributed by atoms with Crippen LogP contribution in [0.3, 0.4) is 0 Å². The molecular formula is C18H17Cl2N5O. The van der Waals surface area contributed by atoms with Gasteiger partial charge in [-0.05, 0) is 42.3 Å². The third kappa shape index (κ3) is 5.21. The van der Waals surface area contributed by atoms with Crippen LogP contribution in [0.5, 0.6) is 5.75 Å². The number of anilines is 3. The largest absolute Gasteiger partial charge is 0.497 e. The Kier molecular flexibility index (Phi) is 6.09. The zero-order valence-electron chi connectivity index (χ0n) is 14.0. The Morgan fingerprint density at radius 3 is 2.46 bits per heavy atom. The van der Waals surface area contributed by atoms with Gasteiger partial charge in [-0.15, -0.1) is 5.10 Å². The van der Waals surface area contributed by atoms with Crippen molar-refractivity contribution in [2.75, 3.05) is 24.3 Å². The third-order valence-corrected chi connectivity index (χ3v) is 3.99. The van der Waals surface area contributed by atoms with Crippen molar-refractivity contribution in [3.05, 3.63) is 64.3 Å². The van der Waals surface area contributed by atoms with Gasteiger partial charge < -0.3 is 15.4 Å². The van der Waals surface area contributed by atoms with Crippen molar-refractivity contribution in [3.8, 4) is 5.75 Å². The number of nitrogens with one attached hydrogen (secondary N) is 2. The first-order chi connectivity index (χ1) is 12.6. The van der Waals surface area contributed by atoms with Gasteiger partial charge in [-0.2, -0.15) is 10.1 Å². The molecule has 0 saturated carbocycles. The average molecular weight is 390 g/mol. The summed E-state index contributed by atoms with van der Waals surface area (Å²) in [5.74, 6) is 1.83. The maximum Gasteiger partial charge on any atom is 0.244 e. The fourth-order valence-corrected chi connectivity index (χ4v) is 2.85. The fourth-order valence-electron chi connectivity index (χ4n) is 2.32. The van der Waals surface area contributed by atoms with Crippen LogP contribution in [-0.2, 0) is 6.42 Å². The van der Waals surface area contributed by atoms with Gasteiger partial charge >= 0.3 is 0 Å². The van der Waals surface area contributed by atoms with E-state index in [1.165, 1.54) is 11.8 Å². The maximum atomic E-state index is 6.00. The number of hydrogen-bond donors (Lipinski definition) is 2. The predicted octanol–water partition coefficient (Wildman–Crippen LogP) is 4.59. The molecule has 0 unspecified atom stereocenters. The highest BCUT2D eigenvalue weighted by atomic mass is 35.5. The second-order valence-electron chi connectivity index (χ2n) is 5.47. The Bertz CT molecular complexity index is 853. The average Bonchev–Trinajstić information content (AvgIpc) is 2.62. The Morgan fingerprint density at radius 1 is 1.04 bits per heavy atom. The summed E-state index contributed by atoms with van der Waals surface area (Å²) < 4.78 is 5.15. The molecule has 2 aromatic carbocycles. The number of hydrogen-bond acceptors (Lipinski definition) is 6. The van der Waals surface area contributed by atoms with Crippen molar-refractivity contribution >= 4 is 40.7 Å². The standard InChI is InChI=1S/C18H17Cl2N5O/c1-26-16-4-2-12(3-5-16)6-7-21-18-24-17(11-22-25-18)23-15-9-13(19)8-14(20)10-15/h2-5,8-11H,6-7H2,1H3,(H2,21,23,24,25). The summed E-state index contributed by atoms with van der Waals surface area (Å²) in [5, 5.41) is 15.3. The van der Waals surface area contributed by atoms with Gasteiger partial charge in [0.15, 0.2) is 5.82 Å². The summed E-state index contributed by atoms with van der Waals surface area (Å²) in [6, 6.07) is 13.1. The summed E-state index contributed by atoms with van der Waals surface area (Å²) in [6.45, 7) is 0.681. The molecule has 0 aliphatic heterocycles. The number of benzene rings is 2. The molecule has 0 bridgehead atoms. The van der Waals surface area contributed by atoms with Crippen LogP contribution in [-0.4, -0.2) is 28.8 Å². The van der Waals surface area contributed by atoms with Gasteiger partial charge in [-0.3, -0.25) is 0 Å². The van der Waals surface area contributed by atoms with Crippen LogP contribution in [0.1, 0.15) is 5.56 Å². The van der Waals surface area contributed by atoms with Gasteiger partial charge in [-0.1, -0.05) is 35.3 Å². The van der Waals surface area contributed by atoms with E-state index in [0.717, 1.165) is 17.9 Å². The van der Waals surface area contributed by atoms with Crippen LogP contribution in [0.4, 0.5) is 17.5 Å². The molecule has 0 spiro atoms. The molecule has 3 rings (SSSR count). The highest BCUT2D eigenvalue weighted by Crippen LogP contribution is 2.24. The molecule has 0 saturated heterocycles. The van der Waals surface area contributed by atoms with Gasteiger partial charge in [-0.25, -0.2) is 0 Å². The van der Waals surface area contributed by atoms with Crippen molar-refractivity contribution < 1.29 is 4.74 Å². The van der Waals surface area contributed by atoms with Crippen LogP contribution in [0, 0.1) is 0 Å². The minimum atomic E-state index is 0.441. The molecule has 3 aromatic rings. The minimum absolute atomic E-state index is 0.441. The van der Waals surface area contributed by atoms with E-state index < -0.39 is 0 Å². The lowest BCUT2D eigenvalue weighted by molar-refractivity contribution is 0.414. The molecule has 6 nitrogen and oxygen atoms in total. The van der Waals surface area contributed by atoms with Gasteiger partial charge in [0.25, 0.3) is 0 Å². The van der Waals surface area contributed by atoms with E-state index in [9.17, 15) is 0 Å². The summed E-state index contributed by atoms with van der Waals surface area (Å²) in [5.41, 5.74) is 1.92. The van der Waals surface area contributed by atoms with Crippen molar-refractivity contribution in [2.24, 2.45) is 0 Å². The van der Waals surface area contributed by atoms with Crippen LogP contribution in [0.2, 0.25) is 10.0 Å². The Morgan fingerprint density at radius 2 is 1.77 bits per heavy atom. The van der Waals surface area contributed by atoms with E-state index in [-0.39, 0.29) is 0 Å². The molecular weight excluding hydrogens is 373 g/mol. The molecule has 26 heavy (non-hydrogen) atoms. The molecule has 0 atom stereocenters. The normalized spacial score (nSPS) is 10.4. The number of ether oxygens (including phenoxy) is 1. The van der Waals surface area contributed by atoms with Crippen LogP contribution < -0.4 is 15.4 Å². The van der Waals surface area contributed by atoms with Crippen molar-refractivity contribution in [1.29, 1.82) is 0 Å². The maximum absolute atomic E-state index is 6.00. The van der Waals surface area contributed by atoms with E-state index >= 15 is 0 Å². The van der Waals surface area contributed by atoms with Gasteiger partial charge in [0.2, 0.25) is 5.95 Å². The second kappa shape index (κ2) is 8.69. The highest BCUT2D eigenvalue weighted by molar-refractivity contribution is 6.35. The molecule has 0 radical (unpaired) electrons. The van der Waals surface area contributed by atoms with E-state index in [4.69, 9.17) is 27.9 Å². The lowest BCUT2D eigenvalue weighted by atomic mass is 10.1. The summed E-state index contributed by atoms with van der Waals surface area (Å²) in [6.07, 6.45) is 2.36. The molecule has 0 aliphatic rings. The third-order valence-electron chi connectivity index (χ3n) is 3.55. The van der Waals surface area contributed by atoms with Gasteiger partial charge in [0.05, 0.1) is 13.3 Å². The van der Waals surface area contributed by atoms with Gasteiger partial charge in [0, 0.05) is 22.3 Å². The summed E-state index contributed by atoms with van der Waals surface area (Å²) in [7, 11) is 1.65. The number of aromatic nitrogens is 3. The lowest BCUT2D eigenvalue weighted by Gasteiger charge is -2.09. The summed E-state index contributed by atoms with van der Waals surface area (Å²) in [4.78, 5) is 4.38. The Balaban J connectivity index is 1.58. The van der Waals surface area contributed by atoms with E-state index in [0.29, 0.717) is 28.4 Å². The van der Waals surface area contributed by atoms with E-state index in [1.54, 1.807) is 25.3 Å². The zero-order valence-corrected chi connectivity index (χ0v) is 15.6. The first-order valence-electron chi connectivity index (χ1n) is 7.92. The van der Waals surface area contributed by atoms with Gasteiger partial charge in [0.1, 0.15) is 5.75 Å². The minimum Gasteiger partial charge on any atom is -0.497 e. The quantitative estimate of drug-likeness (QED) is 0.615. The number of nitrogens with zero attached hydrogens (tertiary/aromatic N) is 3. The second-order valence-corrected chi connectivity index (χ2v) is 6.35. The molecule has 134 valence electrons. The number of halogens is 2.